The van der Waals surface area contributed by atoms with Crippen molar-refractivity contribution in [2.45, 2.75) is 33.6 Å². The molecule has 2 nitrogen and oxygen atoms in total. The van der Waals surface area contributed by atoms with Crippen molar-refractivity contribution < 1.29 is 4.84 Å². The molecule has 0 saturated heterocycles. The summed E-state index contributed by atoms with van der Waals surface area (Å²) in [6, 6.07) is 6.43. The van der Waals surface area contributed by atoms with Crippen molar-refractivity contribution in [1.82, 2.24) is 0 Å². The Morgan fingerprint density at radius 2 is 2.00 bits per heavy atom. The zero-order valence-corrected chi connectivity index (χ0v) is 10.2. The first-order valence-electron chi connectivity index (χ1n) is 5.25. The molecule has 1 aromatic rings. The Morgan fingerprint density at radius 3 is 2.47 bits per heavy atom. The van der Waals surface area contributed by atoms with Gasteiger partial charge in [0.15, 0.2) is 0 Å². The third kappa shape index (κ3) is 2.82. The van der Waals surface area contributed by atoms with Gasteiger partial charge in [-0.3, -0.25) is 0 Å². The predicted molar refractivity (Wildman–Crippen MR) is 64.5 cm³/mol. The van der Waals surface area contributed by atoms with Crippen LogP contribution in [0.2, 0.25) is 0 Å². The van der Waals surface area contributed by atoms with Gasteiger partial charge in [0.05, 0.1) is 5.71 Å². The molecule has 0 aliphatic heterocycles. The first-order valence-corrected chi connectivity index (χ1v) is 5.25. The second kappa shape index (κ2) is 4.96. The number of oxime groups is 1. The summed E-state index contributed by atoms with van der Waals surface area (Å²) in [5.41, 5.74) is 4.74. The second-order valence-corrected chi connectivity index (χ2v) is 4.09. The minimum atomic E-state index is 0.568. The molecule has 0 bridgehead atoms. The normalized spacial score (nSPS) is 12.0. The van der Waals surface area contributed by atoms with Gasteiger partial charge in [-0.15, -0.1) is 0 Å². The number of aryl methyl sites for hydroxylation is 1. The fourth-order valence-corrected chi connectivity index (χ4v) is 1.74. The quantitative estimate of drug-likeness (QED) is 0.546. The van der Waals surface area contributed by atoms with Crippen LogP contribution in [-0.2, 0) is 4.84 Å². The largest absolute Gasteiger partial charge is 0.399 e. The van der Waals surface area contributed by atoms with Gasteiger partial charge in [-0.05, 0) is 42.5 Å². The fourth-order valence-electron chi connectivity index (χ4n) is 1.74. The van der Waals surface area contributed by atoms with Crippen LogP contribution in [0.5, 0.6) is 0 Å². The van der Waals surface area contributed by atoms with Crippen LogP contribution in [0.1, 0.15) is 43.4 Å². The van der Waals surface area contributed by atoms with Crippen LogP contribution < -0.4 is 0 Å². The summed E-state index contributed by atoms with van der Waals surface area (Å²) in [7, 11) is 1.57. The topological polar surface area (TPSA) is 21.6 Å². The molecule has 1 aromatic carbocycles. The predicted octanol–water partition coefficient (Wildman–Crippen LogP) is 3.49. The van der Waals surface area contributed by atoms with Crippen LogP contribution in [0, 0.1) is 6.92 Å². The molecule has 0 aliphatic rings. The summed E-state index contributed by atoms with van der Waals surface area (Å²) in [5.74, 6) is 0.568. The van der Waals surface area contributed by atoms with Gasteiger partial charge in [0.1, 0.15) is 7.11 Å². The van der Waals surface area contributed by atoms with E-state index >= 15 is 0 Å². The van der Waals surface area contributed by atoms with Crippen molar-refractivity contribution in [2.75, 3.05) is 7.11 Å². The Kier molecular flexibility index (Phi) is 3.89. The van der Waals surface area contributed by atoms with Crippen molar-refractivity contribution >= 4 is 5.71 Å². The molecule has 0 atom stereocenters. The highest BCUT2D eigenvalue weighted by atomic mass is 16.6. The first kappa shape index (κ1) is 11.8. The van der Waals surface area contributed by atoms with Gasteiger partial charge >= 0.3 is 0 Å². The van der Waals surface area contributed by atoms with Crippen LogP contribution in [0.4, 0.5) is 0 Å². The third-order valence-corrected chi connectivity index (χ3v) is 2.54. The molecule has 0 radical (unpaired) electrons. The van der Waals surface area contributed by atoms with Gasteiger partial charge in [-0.25, -0.2) is 0 Å². The van der Waals surface area contributed by atoms with E-state index < -0.39 is 0 Å². The highest BCUT2D eigenvalue weighted by Crippen LogP contribution is 2.20. The van der Waals surface area contributed by atoms with Crippen LogP contribution >= 0.6 is 0 Å². The lowest BCUT2D eigenvalue weighted by atomic mass is 9.95. The summed E-state index contributed by atoms with van der Waals surface area (Å²) >= 11 is 0. The summed E-state index contributed by atoms with van der Waals surface area (Å²) in [6.45, 7) is 8.50. The van der Waals surface area contributed by atoms with Gasteiger partial charge in [0.2, 0.25) is 0 Å². The standard InChI is InChI=1S/C13H19NO/c1-9(2)13-7-6-12(8-10(13)3)11(4)14-15-5/h6-9H,1-5H3/b14-11+. The minimum absolute atomic E-state index is 0.568. The molecule has 82 valence electrons. The highest BCUT2D eigenvalue weighted by Gasteiger charge is 2.05. The van der Waals surface area contributed by atoms with E-state index in [-0.39, 0.29) is 0 Å². The monoisotopic (exact) mass is 205 g/mol. The molecule has 0 spiro atoms. The van der Waals surface area contributed by atoms with E-state index in [1.54, 1.807) is 7.11 Å². The maximum Gasteiger partial charge on any atom is 0.106 e. The number of nitrogens with zero attached hydrogens (tertiary/aromatic N) is 1. The fraction of sp³-hybridized carbons (Fsp3) is 0.462. The smallest absolute Gasteiger partial charge is 0.106 e. The SMILES string of the molecule is CO/N=C(\C)c1ccc(C(C)C)c(C)c1. The maximum atomic E-state index is 4.76. The van der Waals surface area contributed by atoms with Gasteiger partial charge in [0, 0.05) is 0 Å². The molecular weight excluding hydrogens is 186 g/mol. The lowest BCUT2D eigenvalue weighted by Crippen LogP contribution is -1.99. The molecule has 1 rings (SSSR count). The summed E-state index contributed by atoms with van der Waals surface area (Å²) in [4.78, 5) is 4.76. The second-order valence-electron chi connectivity index (χ2n) is 4.09. The van der Waals surface area contributed by atoms with Crippen LogP contribution in [-0.4, -0.2) is 12.8 Å². The summed E-state index contributed by atoms with van der Waals surface area (Å²) in [5, 5.41) is 3.93. The highest BCUT2D eigenvalue weighted by molar-refractivity contribution is 5.98. The molecule has 0 saturated carbocycles. The number of benzene rings is 1. The number of rotatable bonds is 3. The van der Waals surface area contributed by atoms with Crippen molar-refractivity contribution in [3.05, 3.63) is 34.9 Å². The van der Waals surface area contributed by atoms with E-state index in [4.69, 9.17) is 4.84 Å². The summed E-state index contributed by atoms with van der Waals surface area (Å²) < 4.78 is 0. The van der Waals surface area contributed by atoms with Crippen LogP contribution in [0.3, 0.4) is 0 Å². The van der Waals surface area contributed by atoms with E-state index in [1.807, 2.05) is 6.92 Å². The summed E-state index contributed by atoms with van der Waals surface area (Å²) in [6.07, 6.45) is 0. The van der Waals surface area contributed by atoms with E-state index in [0.29, 0.717) is 5.92 Å². The Labute approximate surface area is 91.9 Å². The molecule has 15 heavy (non-hydrogen) atoms. The Hall–Kier alpha value is -1.31. The first-order chi connectivity index (χ1) is 7.06. The van der Waals surface area contributed by atoms with Crippen LogP contribution in [0.25, 0.3) is 0 Å². The molecular formula is C13H19NO. The Morgan fingerprint density at radius 1 is 1.33 bits per heavy atom. The lowest BCUT2D eigenvalue weighted by molar-refractivity contribution is 0.213. The van der Waals surface area contributed by atoms with E-state index in [1.165, 1.54) is 11.1 Å². The Bertz CT molecular complexity index is 367. The van der Waals surface area contributed by atoms with Crippen molar-refractivity contribution in [1.29, 1.82) is 0 Å². The zero-order chi connectivity index (χ0) is 11.4. The molecule has 0 aliphatic carbocycles. The van der Waals surface area contributed by atoms with Crippen molar-refractivity contribution in [3.8, 4) is 0 Å². The third-order valence-electron chi connectivity index (χ3n) is 2.54. The van der Waals surface area contributed by atoms with Crippen LogP contribution in [0.15, 0.2) is 23.4 Å². The van der Waals surface area contributed by atoms with Crippen molar-refractivity contribution in [2.24, 2.45) is 5.16 Å². The molecule has 0 N–H and O–H groups in total. The molecule has 2 heteroatoms. The molecule has 0 unspecified atom stereocenters. The maximum absolute atomic E-state index is 4.76. The Balaban J connectivity index is 3.06. The molecule has 0 amide bonds. The number of hydrogen-bond donors (Lipinski definition) is 0. The van der Waals surface area contributed by atoms with Gasteiger partial charge in [0.25, 0.3) is 0 Å². The number of hydrogen-bond acceptors (Lipinski definition) is 2. The minimum Gasteiger partial charge on any atom is -0.399 e. The van der Waals surface area contributed by atoms with Gasteiger partial charge in [-0.1, -0.05) is 31.1 Å². The average molecular weight is 205 g/mol. The van der Waals surface area contributed by atoms with E-state index in [9.17, 15) is 0 Å². The van der Waals surface area contributed by atoms with Gasteiger partial charge < -0.3 is 4.84 Å². The average Bonchev–Trinajstić information content (AvgIpc) is 2.17. The molecule has 0 fully saturated rings. The van der Waals surface area contributed by atoms with Crippen molar-refractivity contribution in [3.63, 3.8) is 0 Å². The van der Waals surface area contributed by atoms with E-state index in [0.717, 1.165) is 11.3 Å². The van der Waals surface area contributed by atoms with Gasteiger partial charge in [-0.2, -0.15) is 0 Å². The lowest BCUT2D eigenvalue weighted by Gasteiger charge is -2.11. The molecule has 0 aromatic heterocycles. The molecule has 0 heterocycles. The zero-order valence-electron chi connectivity index (χ0n) is 10.2. The van der Waals surface area contributed by atoms with E-state index in [2.05, 4.69) is 44.1 Å².